The quantitative estimate of drug-likeness (QED) is 0.780. The van der Waals surface area contributed by atoms with Crippen LogP contribution in [0.3, 0.4) is 0 Å². The Morgan fingerprint density at radius 3 is 3.00 bits per heavy atom. The van der Waals surface area contributed by atoms with Gasteiger partial charge in [0.05, 0.1) is 0 Å². The van der Waals surface area contributed by atoms with E-state index in [1.165, 1.54) is 11.1 Å². The Morgan fingerprint density at radius 1 is 1.32 bits per heavy atom. The molecule has 0 saturated carbocycles. The first-order valence-electron chi connectivity index (χ1n) is 8.65. The monoisotopic (exact) mass is 354 g/mol. The van der Waals surface area contributed by atoms with Crippen LogP contribution in [0.15, 0.2) is 36.0 Å². The fraction of sp³-hybridized carbons (Fsp3) is 0.368. The number of nitrogens with one attached hydrogen (secondary N) is 1. The van der Waals surface area contributed by atoms with E-state index in [0.29, 0.717) is 5.69 Å². The third-order valence-corrected chi connectivity index (χ3v) is 5.67. The molecule has 25 heavy (non-hydrogen) atoms. The van der Waals surface area contributed by atoms with E-state index in [4.69, 9.17) is 0 Å². The number of fused-ring (bicyclic) bond motifs is 1. The molecule has 1 saturated heterocycles. The lowest BCUT2D eigenvalue weighted by Crippen LogP contribution is -2.45. The standard InChI is InChI=1S/C19H22N4OS/c1-13-5-6-15(10-14(13)2)20-16-4-3-7-22(11-16)18(24)17-12-23-8-9-25-19(23)21-17/h5-6,8-10,12,16,20H,3-4,7,11H2,1-2H3. The molecule has 1 aromatic carbocycles. The van der Waals surface area contributed by atoms with Gasteiger partial charge in [0.15, 0.2) is 4.96 Å². The summed E-state index contributed by atoms with van der Waals surface area (Å²) in [7, 11) is 0. The summed E-state index contributed by atoms with van der Waals surface area (Å²) in [6, 6.07) is 6.72. The molecule has 4 rings (SSSR count). The maximum Gasteiger partial charge on any atom is 0.274 e. The maximum atomic E-state index is 12.8. The molecule has 5 nitrogen and oxygen atoms in total. The predicted molar refractivity (Wildman–Crippen MR) is 102 cm³/mol. The summed E-state index contributed by atoms with van der Waals surface area (Å²) in [6.45, 7) is 5.77. The molecule has 6 heteroatoms. The maximum absolute atomic E-state index is 12.8. The first-order valence-corrected chi connectivity index (χ1v) is 9.53. The lowest BCUT2D eigenvalue weighted by molar-refractivity contribution is 0.0709. The van der Waals surface area contributed by atoms with Crippen molar-refractivity contribution >= 4 is 27.9 Å². The molecule has 0 radical (unpaired) electrons. The first-order chi connectivity index (χ1) is 12.1. The Labute approximate surface area is 151 Å². The lowest BCUT2D eigenvalue weighted by Gasteiger charge is -2.33. The number of likely N-dealkylation sites (tertiary alicyclic amines) is 1. The predicted octanol–water partition coefficient (Wildman–Crippen LogP) is 3.73. The van der Waals surface area contributed by atoms with Crippen LogP contribution < -0.4 is 5.32 Å². The molecule has 1 unspecified atom stereocenters. The SMILES string of the molecule is Cc1ccc(NC2CCCN(C(=O)c3cn4ccsc4n3)C2)cc1C. The topological polar surface area (TPSA) is 49.6 Å². The Bertz CT molecular complexity index is 885. The van der Waals surface area contributed by atoms with Gasteiger partial charge in [0.2, 0.25) is 0 Å². The van der Waals surface area contributed by atoms with Crippen molar-refractivity contribution < 1.29 is 4.79 Å². The number of amides is 1. The molecule has 1 amide bonds. The van der Waals surface area contributed by atoms with E-state index >= 15 is 0 Å². The summed E-state index contributed by atoms with van der Waals surface area (Å²) in [5.74, 6) is 0.0301. The summed E-state index contributed by atoms with van der Waals surface area (Å²) >= 11 is 1.55. The van der Waals surface area contributed by atoms with Gasteiger partial charge in [0.1, 0.15) is 5.69 Å². The minimum Gasteiger partial charge on any atom is -0.381 e. The van der Waals surface area contributed by atoms with Gasteiger partial charge >= 0.3 is 0 Å². The van der Waals surface area contributed by atoms with Crippen LogP contribution in [0.25, 0.3) is 4.96 Å². The van der Waals surface area contributed by atoms with Crippen LogP contribution in [0, 0.1) is 13.8 Å². The number of carbonyl (C=O) groups is 1. The molecule has 2 aromatic heterocycles. The molecule has 3 aromatic rings. The highest BCUT2D eigenvalue weighted by atomic mass is 32.1. The molecule has 1 atom stereocenters. The number of hydrogen-bond donors (Lipinski definition) is 1. The van der Waals surface area contributed by atoms with Gasteiger partial charge in [-0.1, -0.05) is 6.07 Å². The minimum atomic E-state index is 0.0301. The molecular formula is C19H22N4OS. The van der Waals surface area contributed by atoms with Crippen LogP contribution in [0.2, 0.25) is 0 Å². The zero-order valence-corrected chi connectivity index (χ0v) is 15.3. The van der Waals surface area contributed by atoms with Crippen molar-refractivity contribution in [2.45, 2.75) is 32.7 Å². The van der Waals surface area contributed by atoms with Gasteiger partial charge in [0.25, 0.3) is 5.91 Å². The molecular weight excluding hydrogens is 332 g/mol. The lowest BCUT2D eigenvalue weighted by atomic mass is 10.0. The highest BCUT2D eigenvalue weighted by molar-refractivity contribution is 7.15. The van der Waals surface area contributed by atoms with Crippen molar-refractivity contribution in [2.24, 2.45) is 0 Å². The van der Waals surface area contributed by atoms with Crippen LogP contribution in [-0.4, -0.2) is 39.3 Å². The number of rotatable bonds is 3. The number of nitrogens with zero attached hydrogens (tertiary/aromatic N) is 3. The summed E-state index contributed by atoms with van der Waals surface area (Å²) < 4.78 is 1.91. The number of carbonyl (C=O) groups excluding carboxylic acids is 1. The fourth-order valence-electron chi connectivity index (χ4n) is 3.34. The highest BCUT2D eigenvalue weighted by Crippen LogP contribution is 2.20. The molecule has 1 N–H and O–H groups in total. The fourth-order valence-corrected chi connectivity index (χ4v) is 4.04. The van der Waals surface area contributed by atoms with E-state index in [1.54, 1.807) is 11.3 Å². The first kappa shape index (κ1) is 16.1. The van der Waals surface area contributed by atoms with Crippen molar-refractivity contribution in [1.29, 1.82) is 0 Å². The zero-order chi connectivity index (χ0) is 17.4. The highest BCUT2D eigenvalue weighted by Gasteiger charge is 2.26. The van der Waals surface area contributed by atoms with Crippen molar-refractivity contribution in [3.05, 3.63) is 52.8 Å². The Morgan fingerprint density at radius 2 is 2.20 bits per heavy atom. The van der Waals surface area contributed by atoms with E-state index in [-0.39, 0.29) is 11.9 Å². The number of piperidine rings is 1. The van der Waals surface area contributed by atoms with E-state index < -0.39 is 0 Å². The van der Waals surface area contributed by atoms with E-state index in [9.17, 15) is 4.79 Å². The number of thiazole rings is 1. The molecule has 3 heterocycles. The van der Waals surface area contributed by atoms with Gasteiger partial charge < -0.3 is 10.2 Å². The summed E-state index contributed by atoms with van der Waals surface area (Å²) in [5, 5.41) is 5.56. The van der Waals surface area contributed by atoms with E-state index in [1.807, 2.05) is 27.1 Å². The summed E-state index contributed by atoms with van der Waals surface area (Å²) in [5.41, 5.74) is 4.25. The Balaban J connectivity index is 1.45. The number of anilines is 1. The third-order valence-electron chi connectivity index (χ3n) is 4.90. The molecule has 130 valence electrons. The summed E-state index contributed by atoms with van der Waals surface area (Å²) in [4.78, 5) is 20.0. The number of aryl methyl sites for hydroxylation is 2. The van der Waals surface area contributed by atoms with Gasteiger partial charge in [-0.3, -0.25) is 9.20 Å². The second kappa shape index (κ2) is 6.52. The van der Waals surface area contributed by atoms with Crippen LogP contribution in [0.5, 0.6) is 0 Å². The van der Waals surface area contributed by atoms with Crippen LogP contribution in [0.4, 0.5) is 5.69 Å². The van der Waals surface area contributed by atoms with E-state index in [0.717, 1.165) is 36.6 Å². The van der Waals surface area contributed by atoms with Gasteiger partial charge in [-0.05, 0) is 49.9 Å². The second-order valence-electron chi connectivity index (χ2n) is 6.75. The molecule has 1 aliphatic heterocycles. The second-order valence-corrected chi connectivity index (χ2v) is 7.63. The van der Waals surface area contributed by atoms with Gasteiger partial charge in [-0.25, -0.2) is 4.98 Å². The molecule has 0 spiro atoms. The third kappa shape index (κ3) is 3.26. The largest absolute Gasteiger partial charge is 0.381 e. The smallest absolute Gasteiger partial charge is 0.274 e. The minimum absolute atomic E-state index is 0.0301. The molecule has 1 aliphatic rings. The molecule has 0 aliphatic carbocycles. The van der Waals surface area contributed by atoms with E-state index in [2.05, 4.69) is 42.3 Å². The van der Waals surface area contributed by atoms with Crippen LogP contribution >= 0.6 is 11.3 Å². The van der Waals surface area contributed by atoms with Crippen LogP contribution in [-0.2, 0) is 0 Å². The van der Waals surface area contributed by atoms with Crippen molar-refractivity contribution in [1.82, 2.24) is 14.3 Å². The van der Waals surface area contributed by atoms with Crippen molar-refractivity contribution in [3.8, 4) is 0 Å². The Hall–Kier alpha value is -2.34. The van der Waals surface area contributed by atoms with Crippen molar-refractivity contribution in [2.75, 3.05) is 18.4 Å². The van der Waals surface area contributed by atoms with Crippen LogP contribution in [0.1, 0.15) is 34.5 Å². The molecule has 1 fully saturated rings. The molecule has 0 bridgehead atoms. The normalized spacial score (nSPS) is 17.8. The summed E-state index contributed by atoms with van der Waals surface area (Å²) in [6.07, 6.45) is 5.85. The Kier molecular flexibility index (Phi) is 4.21. The van der Waals surface area contributed by atoms with Gasteiger partial charge in [-0.15, -0.1) is 11.3 Å². The number of hydrogen-bond acceptors (Lipinski definition) is 4. The zero-order valence-electron chi connectivity index (χ0n) is 14.5. The van der Waals surface area contributed by atoms with Gasteiger partial charge in [0, 0.05) is 42.6 Å². The van der Waals surface area contributed by atoms with Crippen molar-refractivity contribution in [3.63, 3.8) is 0 Å². The number of aromatic nitrogens is 2. The number of benzene rings is 1. The average molecular weight is 354 g/mol. The average Bonchev–Trinajstić information content (AvgIpc) is 3.20. The van der Waals surface area contributed by atoms with Gasteiger partial charge in [-0.2, -0.15) is 0 Å². The number of imidazole rings is 1.